The highest BCUT2D eigenvalue weighted by Crippen LogP contribution is 2.23. The van der Waals surface area contributed by atoms with Gasteiger partial charge in [0, 0.05) is 31.0 Å². The van der Waals surface area contributed by atoms with Crippen molar-refractivity contribution in [3.8, 4) is 0 Å². The third kappa shape index (κ3) is 4.87. The van der Waals surface area contributed by atoms with Crippen molar-refractivity contribution in [3.05, 3.63) is 53.6 Å². The van der Waals surface area contributed by atoms with Crippen LogP contribution in [0, 0.1) is 6.92 Å². The maximum atomic E-state index is 12.4. The SMILES string of the molecule is Cc1ccc(N[C@@H](C)C(=O)Nc2ccc(C(N)=O)cc2)cc1S(=O)(=O)N(C)C. The van der Waals surface area contributed by atoms with Gasteiger partial charge in [-0.3, -0.25) is 9.59 Å². The van der Waals surface area contributed by atoms with E-state index in [1.165, 1.54) is 32.3 Å². The van der Waals surface area contributed by atoms with Crippen molar-refractivity contribution < 1.29 is 18.0 Å². The van der Waals surface area contributed by atoms with Crippen LogP contribution < -0.4 is 16.4 Å². The minimum atomic E-state index is -3.59. The highest BCUT2D eigenvalue weighted by atomic mass is 32.2. The second-order valence-electron chi connectivity index (χ2n) is 6.56. The van der Waals surface area contributed by atoms with Gasteiger partial charge >= 0.3 is 0 Å². The molecule has 0 aliphatic carbocycles. The van der Waals surface area contributed by atoms with E-state index in [1.807, 2.05) is 0 Å². The van der Waals surface area contributed by atoms with E-state index in [0.717, 1.165) is 4.31 Å². The lowest BCUT2D eigenvalue weighted by Crippen LogP contribution is -2.32. The molecule has 0 bridgehead atoms. The summed E-state index contributed by atoms with van der Waals surface area (Å²) in [7, 11) is -0.657. The van der Waals surface area contributed by atoms with Gasteiger partial charge in [0.15, 0.2) is 0 Å². The summed E-state index contributed by atoms with van der Waals surface area (Å²) in [6.07, 6.45) is 0. The van der Waals surface area contributed by atoms with Crippen LogP contribution in [-0.2, 0) is 14.8 Å². The minimum absolute atomic E-state index is 0.178. The molecule has 2 amide bonds. The van der Waals surface area contributed by atoms with Crippen LogP contribution in [0.2, 0.25) is 0 Å². The van der Waals surface area contributed by atoms with Gasteiger partial charge in [-0.15, -0.1) is 0 Å². The van der Waals surface area contributed by atoms with Gasteiger partial charge in [0.25, 0.3) is 0 Å². The Hall–Kier alpha value is -2.91. The summed E-state index contributed by atoms with van der Waals surface area (Å²) in [5.74, 6) is -0.861. The van der Waals surface area contributed by atoms with E-state index >= 15 is 0 Å². The van der Waals surface area contributed by atoms with Gasteiger partial charge in [0.05, 0.1) is 4.90 Å². The van der Waals surface area contributed by atoms with E-state index in [1.54, 1.807) is 38.1 Å². The molecule has 0 aromatic heterocycles. The van der Waals surface area contributed by atoms with Gasteiger partial charge < -0.3 is 16.4 Å². The van der Waals surface area contributed by atoms with Gasteiger partial charge in [-0.2, -0.15) is 0 Å². The maximum Gasteiger partial charge on any atom is 0.248 e. The van der Waals surface area contributed by atoms with Crippen LogP contribution in [0.1, 0.15) is 22.8 Å². The Morgan fingerprint density at radius 1 is 1.04 bits per heavy atom. The Morgan fingerprint density at radius 2 is 1.61 bits per heavy atom. The quantitative estimate of drug-likeness (QED) is 0.649. The fourth-order valence-electron chi connectivity index (χ4n) is 2.45. The number of rotatable bonds is 7. The fourth-order valence-corrected chi connectivity index (χ4v) is 3.59. The molecule has 1 atom stereocenters. The topological polar surface area (TPSA) is 122 Å². The molecule has 8 nitrogen and oxygen atoms in total. The van der Waals surface area contributed by atoms with Crippen molar-refractivity contribution in [2.24, 2.45) is 5.73 Å². The molecule has 150 valence electrons. The molecule has 4 N–H and O–H groups in total. The van der Waals surface area contributed by atoms with Crippen LogP contribution >= 0.6 is 0 Å². The average Bonchev–Trinajstić information content (AvgIpc) is 2.63. The van der Waals surface area contributed by atoms with Gasteiger partial charge in [-0.1, -0.05) is 6.07 Å². The summed E-state index contributed by atoms with van der Waals surface area (Å²) in [5.41, 5.74) is 7.18. The number of primary amides is 1. The van der Waals surface area contributed by atoms with Crippen molar-refractivity contribution in [1.82, 2.24) is 4.31 Å². The number of hydrogen-bond donors (Lipinski definition) is 3. The number of hydrogen-bond acceptors (Lipinski definition) is 5. The van der Waals surface area contributed by atoms with E-state index in [4.69, 9.17) is 5.73 Å². The van der Waals surface area contributed by atoms with Crippen LogP contribution in [0.15, 0.2) is 47.4 Å². The zero-order valence-electron chi connectivity index (χ0n) is 16.2. The number of carbonyl (C=O) groups excluding carboxylic acids is 2. The first-order valence-corrected chi connectivity index (χ1v) is 9.97. The summed E-state index contributed by atoms with van der Waals surface area (Å²) < 4.78 is 26.0. The molecule has 28 heavy (non-hydrogen) atoms. The number of carbonyl (C=O) groups is 2. The minimum Gasteiger partial charge on any atom is -0.374 e. The monoisotopic (exact) mass is 404 g/mol. The first-order valence-electron chi connectivity index (χ1n) is 8.53. The molecule has 0 saturated heterocycles. The molecule has 0 aliphatic heterocycles. The molecule has 2 aromatic carbocycles. The Labute approximate surface area is 164 Å². The lowest BCUT2D eigenvalue weighted by Gasteiger charge is -2.18. The van der Waals surface area contributed by atoms with Crippen molar-refractivity contribution in [2.75, 3.05) is 24.7 Å². The van der Waals surface area contributed by atoms with Crippen LogP contribution in [0.25, 0.3) is 0 Å². The van der Waals surface area contributed by atoms with Crippen molar-refractivity contribution >= 4 is 33.2 Å². The number of benzene rings is 2. The molecule has 0 aliphatic rings. The van der Waals surface area contributed by atoms with E-state index < -0.39 is 22.0 Å². The molecule has 0 unspecified atom stereocenters. The summed E-state index contributed by atoms with van der Waals surface area (Å²) >= 11 is 0. The smallest absolute Gasteiger partial charge is 0.248 e. The molecule has 9 heteroatoms. The number of aryl methyl sites for hydroxylation is 1. The average molecular weight is 404 g/mol. The van der Waals surface area contributed by atoms with Crippen LogP contribution in [0.3, 0.4) is 0 Å². The third-order valence-corrected chi connectivity index (χ3v) is 6.12. The number of anilines is 2. The number of sulfonamides is 1. The summed E-state index contributed by atoms with van der Waals surface area (Å²) in [5, 5.41) is 5.72. The Bertz CT molecular complexity index is 985. The third-order valence-electron chi connectivity index (χ3n) is 4.16. The van der Waals surface area contributed by atoms with Gasteiger partial charge in [0.2, 0.25) is 21.8 Å². The highest BCUT2D eigenvalue weighted by Gasteiger charge is 2.21. The number of nitrogens with one attached hydrogen (secondary N) is 2. The molecule has 0 radical (unpaired) electrons. The molecular formula is C19H24N4O4S. The second-order valence-corrected chi connectivity index (χ2v) is 8.68. The largest absolute Gasteiger partial charge is 0.374 e. The van der Waals surface area contributed by atoms with Crippen molar-refractivity contribution in [1.29, 1.82) is 0 Å². The number of nitrogens with two attached hydrogens (primary N) is 1. The first-order chi connectivity index (χ1) is 13.0. The molecule has 0 saturated carbocycles. The molecule has 0 spiro atoms. The van der Waals surface area contributed by atoms with Crippen LogP contribution in [0.4, 0.5) is 11.4 Å². The van der Waals surface area contributed by atoms with Crippen molar-refractivity contribution in [2.45, 2.75) is 24.8 Å². The van der Waals surface area contributed by atoms with Gasteiger partial charge in [-0.05, 0) is 55.8 Å². The zero-order valence-corrected chi connectivity index (χ0v) is 17.0. The second kappa shape index (κ2) is 8.41. The van der Waals surface area contributed by atoms with E-state index in [0.29, 0.717) is 22.5 Å². The fraction of sp³-hybridized carbons (Fsp3) is 0.263. The lowest BCUT2D eigenvalue weighted by molar-refractivity contribution is -0.116. The number of amides is 2. The van der Waals surface area contributed by atoms with Crippen molar-refractivity contribution in [3.63, 3.8) is 0 Å². The number of nitrogens with zero attached hydrogens (tertiary/aromatic N) is 1. The van der Waals surface area contributed by atoms with Gasteiger partial charge in [0.1, 0.15) is 6.04 Å². The zero-order chi connectivity index (χ0) is 21.1. The summed E-state index contributed by atoms with van der Waals surface area (Å²) in [6, 6.07) is 10.5. The molecular weight excluding hydrogens is 380 g/mol. The Balaban J connectivity index is 2.12. The van der Waals surface area contributed by atoms with Gasteiger partial charge in [-0.25, -0.2) is 12.7 Å². The van der Waals surface area contributed by atoms with E-state index in [2.05, 4.69) is 10.6 Å². The lowest BCUT2D eigenvalue weighted by atomic mass is 10.2. The Morgan fingerprint density at radius 3 is 2.14 bits per heavy atom. The summed E-state index contributed by atoms with van der Waals surface area (Å²) in [4.78, 5) is 23.7. The van der Waals surface area contributed by atoms with Crippen LogP contribution in [-0.4, -0.2) is 44.7 Å². The van der Waals surface area contributed by atoms with E-state index in [-0.39, 0.29) is 10.8 Å². The first kappa shape index (κ1) is 21.4. The normalized spacial score (nSPS) is 12.5. The summed E-state index contributed by atoms with van der Waals surface area (Å²) in [6.45, 7) is 3.37. The molecule has 0 heterocycles. The molecule has 2 aromatic rings. The van der Waals surface area contributed by atoms with Crippen LogP contribution in [0.5, 0.6) is 0 Å². The van der Waals surface area contributed by atoms with E-state index in [9.17, 15) is 18.0 Å². The highest BCUT2D eigenvalue weighted by molar-refractivity contribution is 7.89. The standard InChI is InChI=1S/C19H24N4O4S/c1-12-5-8-16(11-17(12)28(26,27)23(3)4)21-13(2)19(25)22-15-9-6-14(7-10-15)18(20)24/h5-11,13,21H,1-4H3,(H2,20,24)(H,22,25)/t13-/m0/s1. The molecule has 2 rings (SSSR count). The predicted molar refractivity (Wildman–Crippen MR) is 109 cm³/mol. The Kier molecular flexibility index (Phi) is 6.42. The maximum absolute atomic E-state index is 12.4. The molecule has 0 fully saturated rings. The predicted octanol–water partition coefficient (Wildman–Crippen LogP) is 1.78.